The van der Waals surface area contributed by atoms with Crippen LogP contribution in [0, 0.1) is 5.82 Å². The molecule has 1 heterocycles. The zero-order valence-electron chi connectivity index (χ0n) is 19.3. The fourth-order valence-electron chi connectivity index (χ4n) is 3.85. The van der Waals surface area contributed by atoms with E-state index >= 15 is 0 Å². The fourth-order valence-corrected chi connectivity index (χ4v) is 4.43. The Balaban J connectivity index is 1.43. The molecule has 7 heteroatoms. The van der Waals surface area contributed by atoms with Gasteiger partial charge in [-0.2, -0.15) is 0 Å². The third-order valence-corrected chi connectivity index (χ3v) is 6.17. The molecule has 5 rings (SSSR count). The van der Waals surface area contributed by atoms with Crippen LogP contribution in [0.25, 0.3) is 16.8 Å². The second kappa shape index (κ2) is 10.3. The number of rotatable bonds is 7. The number of hydrogen-bond acceptors (Lipinski definition) is 5. The number of aliphatic imine (C=N–C) groups is 1. The zero-order valence-corrected chi connectivity index (χ0v) is 20.9. The topological polar surface area (TPSA) is 57.1 Å². The fraction of sp³-hybridized carbons (Fsp3) is 0.103. The highest BCUT2D eigenvalue weighted by Crippen LogP contribution is 2.38. The predicted molar refractivity (Wildman–Crippen MR) is 141 cm³/mol. The van der Waals surface area contributed by atoms with E-state index in [0.29, 0.717) is 33.7 Å². The number of carbonyl (C=O) groups excluding carboxylic acids is 1. The van der Waals surface area contributed by atoms with Gasteiger partial charge < -0.3 is 14.2 Å². The number of ether oxygens (including phenoxy) is 3. The minimum absolute atomic E-state index is 0.0392. The van der Waals surface area contributed by atoms with Crippen LogP contribution in [-0.4, -0.2) is 18.5 Å². The van der Waals surface area contributed by atoms with Crippen molar-refractivity contribution in [2.24, 2.45) is 4.99 Å². The predicted octanol–water partition coefficient (Wildman–Crippen LogP) is 7.06. The van der Waals surface area contributed by atoms with Gasteiger partial charge in [0.25, 0.3) is 0 Å². The number of fused-ring (bicyclic) bond motifs is 1. The second-order valence-corrected chi connectivity index (χ2v) is 8.90. The molecule has 4 aromatic carbocycles. The van der Waals surface area contributed by atoms with E-state index in [2.05, 4.69) is 20.9 Å². The van der Waals surface area contributed by atoms with E-state index in [4.69, 9.17) is 14.2 Å². The molecule has 0 spiro atoms. The van der Waals surface area contributed by atoms with Crippen molar-refractivity contribution in [1.82, 2.24) is 0 Å². The minimum atomic E-state index is -0.535. The average molecular weight is 546 g/mol. The van der Waals surface area contributed by atoms with Crippen molar-refractivity contribution in [3.05, 3.63) is 112 Å². The SMILES string of the molecule is CCOc1cc(/C=C2\N=C(c3ccc4ccccc4c3)OC2=O)cc(Br)c1OCc1ccccc1F. The summed E-state index contributed by atoms with van der Waals surface area (Å²) in [5.74, 6) is 0.280. The van der Waals surface area contributed by atoms with Gasteiger partial charge in [0.1, 0.15) is 12.4 Å². The highest BCUT2D eigenvalue weighted by Gasteiger charge is 2.25. The van der Waals surface area contributed by atoms with Gasteiger partial charge >= 0.3 is 5.97 Å². The maximum Gasteiger partial charge on any atom is 0.363 e. The number of cyclic esters (lactones) is 1. The Morgan fingerprint density at radius 1 is 0.972 bits per heavy atom. The maximum absolute atomic E-state index is 14.0. The first kappa shape index (κ1) is 23.8. The van der Waals surface area contributed by atoms with Gasteiger partial charge in [-0.3, -0.25) is 0 Å². The molecule has 4 aromatic rings. The summed E-state index contributed by atoms with van der Waals surface area (Å²) in [5.41, 5.74) is 1.99. The quantitative estimate of drug-likeness (QED) is 0.184. The molecule has 1 aliphatic heterocycles. The maximum atomic E-state index is 14.0. The van der Waals surface area contributed by atoms with Crippen molar-refractivity contribution < 1.29 is 23.4 Å². The number of halogens is 2. The van der Waals surface area contributed by atoms with Crippen molar-refractivity contribution >= 4 is 44.6 Å². The molecular weight excluding hydrogens is 525 g/mol. The van der Waals surface area contributed by atoms with Crippen LogP contribution in [0.15, 0.2) is 94.0 Å². The molecule has 0 amide bonds. The first-order chi connectivity index (χ1) is 17.5. The number of nitrogens with zero attached hydrogens (tertiary/aromatic N) is 1. The van der Waals surface area contributed by atoms with E-state index in [1.54, 1.807) is 36.4 Å². The normalized spacial score (nSPS) is 14.1. The van der Waals surface area contributed by atoms with Crippen molar-refractivity contribution in [3.8, 4) is 11.5 Å². The van der Waals surface area contributed by atoms with E-state index in [0.717, 1.165) is 16.3 Å². The molecule has 0 bridgehead atoms. The van der Waals surface area contributed by atoms with Gasteiger partial charge in [0, 0.05) is 11.1 Å². The Bertz CT molecular complexity index is 1530. The van der Waals surface area contributed by atoms with Crippen LogP contribution in [0.4, 0.5) is 4.39 Å². The summed E-state index contributed by atoms with van der Waals surface area (Å²) in [4.78, 5) is 17.0. The largest absolute Gasteiger partial charge is 0.490 e. The second-order valence-electron chi connectivity index (χ2n) is 8.04. The van der Waals surface area contributed by atoms with Gasteiger partial charge in [-0.05, 0) is 75.6 Å². The Morgan fingerprint density at radius 3 is 2.56 bits per heavy atom. The minimum Gasteiger partial charge on any atom is -0.490 e. The Morgan fingerprint density at radius 2 is 1.75 bits per heavy atom. The van der Waals surface area contributed by atoms with Crippen molar-refractivity contribution in [2.75, 3.05) is 6.61 Å². The monoisotopic (exact) mass is 545 g/mol. The third-order valence-electron chi connectivity index (χ3n) is 5.58. The highest BCUT2D eigenvalue weighted by molar-refractivity contribution is 9.10. The van der Waals surface area contributed by atoms with Crippen molar-refractivity contribution in [1.29, 1.82) is 0 Å². The van der Waals surface area contributed by atoms with Crippen LogP contribution < -0.4 is 9.47 Å². The van der Waals surface area contributed by atoms with E-state index in [9.17, 15) is 9.18 Å². The standard InChI is InChI=1S/C29H21BrFNO4/c1-2-34-26-15-18(13-23(30)27(26)35-17-22-9-5-6-10-24(22)31)14-25-29(33)36-28(32-25)21-12-11-19-7-3-4-8-20(19)16-21/h3-16H,2,17H2,1H3/b25-14-. The summed E-state index contributed by atoms with van der Waals surface area (Å²) in [7, 11) is 0. The molecule has 180 valence electrons. The van der Waals surface area contributed by atoms with Crippen molar-refractivity contribution in [2.45, 2.75) is 13.5 Å². The van der Waals surface area contributed by atoms with E-state index in [1.807, 2.05) is 49.4 Å². The first-order valence-electron chi connectivity index (χ1n) is 11.4. The molecule has 0 atom stereocenters. The Hall–Kier alpha value is -3.97. The van der Waals surface area contributed by atoms with E-state index < -0.39 is 5.97 Å². The van der Waals surface area contributed by atoms with E-state index in [1.165, 1.54) is 6.07 Å². The summed E-state index contributed by atoms with van der Waals surface area (Å²) in [6.45, 7) is 2.29. The van der Waals surface area contributed by atoms with Gasteiger partial charge in [-0.1, -0.05) is 48.5 Å². The number of hydrogen-bond donors (Lipinski definition) is 0. The molecule has 0 fully saturated rings. The smallest absolute Gasteiger partial charge is 0.363 e. The van der Waals surface area contributed by atoms with Gasteiger partial charge in [0.05, 0.1) is 11.1 Å². The average Bonchev–Trinajstić information content (AvgIpc) is 3.24. The van der Waals surface area contributed by atoms with Crippen LogP contribution in [0.1, 0.15) is 23.6 Å². The van der Waals surface area contributed by atoms with Crippen LogP contribution in [0.2, 0.25) is 0 Å². The molecule has 0 aromatic heterocycles. The summed E-state index contributed by atoms with van der Waals surface area (Å²) >= 11 is 3.52. The molecule has 0 radical (unpaired) electrons. The zero-order chi connectivity index (χ0) is 25.1. The number of carbonyl (C=O) groups is 1. The van der Waals surface area contributed by atoms with Gasteiger partial charge in [-0.15, -0.1) is 0 Å². The molecule has 1 aliphatic rings. The molecule has 36 heavy (non-hydrogen) atoms. The Kier molecular flexibility index (Phi) is 6.82. The van der Waals surface area contributed by atoms with Crippen LogP contribution >= 0.6 is 15.9 Å². The first-order valence-corrected chi connectivity index (χ1v) is 12.2. The lowest BCUT2D eigenvalue weighted by molar-refractivity contribution is -0.129. The molecular formula is C29H21BrFNO4. The molecule has 0 aliphatic carbocycles. The third kappa shape index (κ3) is 5.02. The summed E-state index contributed by atoms with van der Waals surface area (Å²) in [6.07, 6.45) is 1.63. The van der Waals surface area contributed by atoms with Crippen molar-refractivity contribution in [3.63, 3.8) is 0 Å². The molecule has 5 nitrogen and oxygen atoms in total. The lowest BCUT2D eigenvalue weighted by Gasteiger charge is -2.15. The summed E-state index contributed by atoms with van der Waals surface area (Å²) < 4.78 is 31.7. The molecule has 0 N–H and O–H groups in total. The lowest BCUT2D eigenvalue weighted by Crippen LogP contribution is -2.05. The lowest BCUT2D eigenvalue weighted by atomic mass is 10.1. The molecule has 0 unspecified atom stereocenters. The van der Waals surface area contributed by atoms with Crippen LogP contribution in [0.5, 0.6) is 11.5 Å². The van der Waals surface area contributed by atoms with Gasteiger partial charge in [0.15, 0.2) is 17.2 Å². The van der Waals surface area contributed by atoms with Crippen LogP contribution in [0.3, 0.4) is 0 Å². The molecule has 0 saturated heterocycles. The molecule has 0 saturated carbocycles. The summed E-state index contributed by atoms with van der Waals surface area (Å²) in [5, 5.41) is 2.12. The number of benzene rings is 4. The van der Waals surface area contributed by atoms with Gasteiger partial charge in [-0.25, -0.2) is 14.2 Å². The Labute approximate surface area is 216 Å². The van der Waals surface area contributed by atoms with E-state index in [-0.39, 0.29) is 24.0 Å². The summed E-state index contributed by atoms with van der Waals surface area (Å²) in [6, 6.07) is 23.7. The van der Waals surface area contributed by atoms with Gasteiger partial charge in [0.2, 0.25) is 5.90 Å². The number of esters is 1. The van der Waals surface area contributed by atoms with Crippen LogP contribution in [-0.2, 0) is 16.1 Å². The highest BCUT2D eigenvalue weighted by atomic mass is 79.9.